The summed E-state index contributed by atoms with van der Waals surface area (Å²) >= 11 is 1.89. The molecule has 0 saturated heterocycles. The second-order valence-corrected chi connectivity index (χ2v) is 10.1. The van der Waals surface area contributed by atoms with Crippen LogP contribution in [0.1, 0.15) is 68.0 Å². The molecule has 1 heteroatoms. The van der Waals surface area contributed by atoms with Crippen molar-refractivity contribution in [3.63, 3.8) is 0 Å². The molecule has 0 fully saturated rings. The van der Waals surface area contributed by atoms with Crippen LogP contribution >= 0.6 is 11.3 Å². The van der Waals surface area contributed by atoms with Crippen LogP contribution in [0.15, 0.2) is 85.0 Å². The van der Waals surface area contributed by atoms with E-state index in [1.54, 1.807) is 0 Å². The van der Waals surface area contributed by atoms with E-state index in [0.29, 0.717) is 5.92 Å². The summed E-state index contributed by atoms with van der Waals surface area (Å²) in [6.07, 6.45) is 18.1. The molecule has 1 unspecified atom stereocenters. The Morgan fingerprint density at radius 3 is 2.65 bits per heavy atom. The first-order valence-corrected chi connectivity index (χ1v) is 12.2. The van der Waals surface area contributed by atoms with Gasteiger partial charge in [0.25, 0.3) is 0 Å². The van der Waals surface area contributed by atoms with Gasteiger partial charge in [-0.25, -0.2) is 0 Å². The Morgan fingerprint density at radius 2 is 1.81 bits per heavy atom. The predicted molar refractivity (Wildman–Crippen MR) is 140 cm³/mol. The van der Waals surface area contributed by atoms with Crippen molar-refractivity contribution in [2.75, 3.05) is 0 Å². The van der Waals surface area contributed by atoms with Gasteiger partial charge in [-0.2, -0.15) is 0 Å². The highest BCUT2D eigenvalue weighted by atomic mass is 32.1. The standard InChI is InChI=1S/C30H32S/c1-5-6-7-8-17-28-29(25-14-10-12-16-27(25)31-28)23-19-18-22(2)24-13-9-11-15-26(24)30(3,4)21-20-23/h6-20,22H,5,21H2,1-4H3/b7-6+,17-8+,19-18?,23-20?. The number of benzene rings is 2. The van der Waals surface area contributed by atoms with Gasteiger partial charge in [-0.15, -0.1) is 11.3 Å². The van der Waals surface area contributed by atoms with Gasteiger partial charge in [0, 0.05) is 20.5 Å². The van der Waals surface area contributed by atoms with Crippen molar-refractivity contribution in [1.29, 1.82) is 0 Å². The molecule has 0 radical (unpaired) electrons. The van der Waals surface area contributed by atoms with Crippen LogP contribution in [-0.2, 0) is 5.41 Å². The van der Waals surface area contributed by atoms with E-state index in [2.05, 4.69) is 119 Å². The Kier molecular flexibility index (Phi) is 6.43. The van der Waals surface area contributed by atoms with E-state index < -0.39 is 0 Å². The Morgan fingerprint density at radius 1 is 1.03 bits per heavy atom. The van der Waals surface area contributed by atoms with E-state index >= 15 is 0 Å². The highest BCUT2D eigenvalue weighted by Gasteiger charge is 2.25. The van der Waals surface area contributed by atoms with Crippen molar-refractivity contribution in [1.82, 2.24) is 0 Å². The van der Waals surface area contributed by atoms with Gasteiger partial charge >= 0.3 is 0 Å². The van der Waals surface area contributed by atoms with E-state index in [-0.39, 0.29) is 5.41 Å². The van der Waals surface area contributed by atoms with Gasteiger partial charge in [0.15, 0.2) is 0 Å². The molecule has 0 amide bonds. The third-order valence-corrected chi connectivity index (χ3v) is 7.36. The minimum Gasteiger partial charge on any atom is -0.135 e. The summed E-state index contributed by atoms with van der Waals surface area (Å²) < 4.78 is 1.35. The minimum atomic E-state index is 0.0911. The number of fused-ring (bicyclic) bond motifs is 2. The summed E-state index contributed by atoms with van der Waals surface area (Å²) in [7, 11) is 0. The first-order chi connectivity index (χ1) is 15.0. The van der Waals surface area contributed by atoms with Crippen molar-refractivity contribution >= 4 is 33.1 Å². The number of allylic oxidation sites excluding steroid dienone is 7. The second kappa shape index (κ2) is 9.24. The lowest BCUT2D eigenvalue weighted by molar-refractivity contribution is 0.527. The third-order valence-electron chi connectivity index (χ3n) is 6.22. The molecule has 0 aliphatic heterocycles. The maximum atomic E-state index is 2.46. The zero-order valence-corrected chi connectivity index (χ0v) is 19.9. The van der Waals surface area contributed by atoms with Crippen LogP contribution in [0.5, 0.6) is 0 Å². The Labute approximate surface area is 191 Å². The molecule has 3 aromatic rings. The molecule has 0 bridgehead atoms. The summed E-state index contributed by atoms with van der Waals surface area (Å²) in [5.41, 5.74) is 5.70. The Hall–Kier alpha value is -2.64. The molecule has 1 aliphatic rings. The van der Waals surface area contributed by atoms with Crippen LogP contribution in [-0.4, -0.2) is 0 Å². The number of thiophene rings is 1. The molecule has 1 atom stereocenters. The van der Waals surface area contributed by atoms with E-state index in [0.717, 1.165) is 12.8 Å². The van der Waals surface area contributed by atoms with Crippen LogP contribution in [0.2, 0.25) is 0 Å². The lowest BCUT2D eigenvalue weighted by Gasteiger charge is -2.28. The maximum absolute atomic E-state index is 2.46. The fourth-order valence-electron chi connectivity index (χ4n) is 4.43. The average molecular weight is 425 g/mol. The maximum Gasteiger partial charge on any atom is 0.0361 e. The van der Waals surface area contributed by atoms with Gasteiger partial charge < -0.3 is 0 Å². The molecule has 1 heterocycles. The summed E-state index contributed by atoms with van der Waals surface area (Å²) in [5, 5.41) is 1.35. The second-order valence-electron chi connectivity index (χ2n) is 9.02. The number of hydrogen-bond donors (Lipinski definition) is 0. The molecular weight excluding hydrogens is 392 g/mol. The van der Waals surface area contributed by atoms with Crippen molar-refractivity contribution in [2.45, 2.75) is 51.9 Å². The summed E-state index contributed by atoms with van der Waals surface area (Å²) in [6, 6.07) is 17.8. The summed E-state index contributed by atoms with van der Waals surface area (Å²) in [4.78, 5) is 1.33. The number of hydrogen-bond acceptors (Lipinski definition) is 1. The van der Waals surface area contributed by atoms with Crippen LogP contribution < -0.4 is 0 Å². The molecule has 2 aromatic carbocycles. The first kappa shape index (κ1) is 21.6. The fourth-order valence-corrected chi connectivity index (χ4v) is 5.57. The Balaban J connectivity index is 1.86. The predicted octanol–water partition coefficient (Wildman–Crippen LogP) is 9.31. The van der Waals surface area contributed by atoms with E-state index in [4.69, 9.17) is 0 Å². The smallest absolute Gasteiger partial charge is 0.0361 e. The van der Waals surface area contributed by atoms with Crippen molar-refractivity contribution in [3.05, 3.63) is 107 Å². The van der Waals surface area contributed by atoms with Gasteiger partial charge in [0.1, 0.15) is 0 Å². The van der Waals surface area contributed by atoms with Gasteiger partial charge in [-0.05, 0) is 53.0 Å². The molecular formula is C30H32S. The summed E-state index contributed by atoms with van der Waals surface area (Å²) in [6.45, 7) is 9.24. The SMILES string of the molecule is CC/C=C/C=C/c1sc2ccccc2c1C1=CCC(C)(C)c2ccccc2C(C)C=C1. The van der Waals surface area contributed by atoms with Crippen LogP contribution in [0.4, 0.5) is 0 Å². The highest BCUT2D eigenvalue weighted by molar-refractivity contribution is 7.20. The molecule has 0 spiro atoms. The normalized spacial score (nSPS) is 18.7. The number of rotatable bonds is 4. The van der Waals surface area contributed by atoms with Crippen molar-refractivity contribution in [3.8, 4) is 0 Å². The molecule has 0 nitrogen and oxygen atoms in total. The van der Waals surface area contributed by atoms with E-state index in [1.807, 2.05) is 11.3 Å². The van der Waals surface area contributed by atoms with Crippen molar-refractivity contribution < 1.29 is 0 Å². The van der Waals surface area contributed by atoms with Crippen LogP contribution in [0.3, 0.4) is 0 Å². The quantitative estimate of drug-likeness (QED) is 0.366. The largest absolute Gasteiger partial charge is 0.135 e. The molecule has 0 N–H and O–H groups in total. The molecule has 158 valence electrons. The van der Waals surface area contributed by atoms with Gasteiger partial charge in [-0.3, -0.25) is 0 Å². The monoisotopic (exact) mass is 424 g/mol. The van der Waals surface area contributed by atoms with Gasteiger partial charge in [-0.1, -0.05) is 107 Å². The molecule has 4 rings (SSSR count). The third kappa shape index (κ3) is 4.52. The topological polar surface area (TPSA) is 0 Å². The zero-order valence-electron chi connectivity index (χ0n) is 19.1. The Bertz CT molecular complexity index is 1180. The first-order valence-electron chi connectivity index (χ1n) is 11.3. The molecule has 31 heavy (non-hydrogen) atoms. The van der Waals surface area contributed by atoms with Crippen molar-refractivity contribution in [2.24, 2.45) is 0 Å². The highest BCUT2D eigenvalue weighted by Crippen LogP contribution is 2.41. The zero-order chi connectivity index (χ0) is 21.8. The summed E-state index contributed by atoms with van der Waals surface area (Å²) in [5.74, 6) is 0.383. The average Bonchev–Trinajstić information content (AvgIpc) is 3.15. The molecule has 0 saturated carbocycles. The lowest BCUT2D eigenvalue weighted by atomic mass is 9.77. The van der Waals surface area contributed by atoms with E-state index in [1.165, 1.54) is 37.2 Å². The van der Waals surface area contributed by atoms with Crippen LogP contribution in [0, 0.1) is 0 Å². The van der Waals surface area contributed by atoms with Gasteiger partial charge in [0.05, 0.1) is 0 Å². The van der Waals surface area contributed by atoms with E-state index in [9.17, 15) is 0 Å². The molecule has 1 aromatic heterocycles. The minimum absolute atomic E-state index is 0.0911. The lowest BCUT2D eigenvalue weighted by Crippen LogP contribution is -2.18. The fraction of sp³-hybridized carbons (Fsp3) is 0.267. The van der Waals surface area contributed by atoms with Crippen LogP contribution in [0.25, 0.3) is 21.7 Å². The molecule has 1 aliphatic carbocycles. The van der Waals surface area contributed by atoms with Gasteiger partial charge in [0.2, 0.25) is 0 Å².